The summed E-state index contributed by atoms with van der Waals surface area (Å²) in [6.45, 7) is 4.32. The van der Waals surface area contributed by atoms with Crippen molar-refractivity contribution in [3.8, 4) is 0 Å². The molecule has 1 aliphatic rings. The van der Waals surface area contributed by atoms with Gasteiger partial charge in [0.15, 0.2) is 0 Å². The lowest BCUT2D eigenvalue weighted by molar-refractivity contribution is 0.0238. The van der Waals surface area contributed by atoms with Crippen molar-refractivity contribution in [3.05, 3.63) is 24.0 Å². The minimum Gasteiger partial charge on any atom is -0.381 e. The van der Waals surface area contributed by atoms with Crippen LogP contribution < -0.4 is 16.6 Å². The van der Waals surface area contributed by atoms with E-state index in [1.807, 2.05) is 0 Å². The molecule has 0 unspecified atom stereocenters. The fraction of sp³-hybridized carbons (Fsp3) is 0.538. The zero-order valence-electron chi connectivity index (χ0n) is 11.1. The van der Waals surface area contributed by atoms with E-state index in [1.54, 1.807) is 12.3 Å². The highest BCUT2D eigenvalue weighted by Gasteiger charge is 2.28. The van der Waals surface area contributed by atoms with Crippen molar-refractivity contribution < 1.29 is 9.53 Å². The predicted molar refractivity (Wildman–Crippen MR) is 72.5 cm³/mol. The summed E-state index contributed by atoms with van der Waals surface area (Å²) in [7, 11) is 0. The number of nitrogens with two attached hydrogens (primary N) is 1. The SMILES string of the molecule is CC1(CNC(=O)c2cnccc2NN)CCOCC1. The van der Waals surface area contributed by atoms with Gasteiger partial charge in [-0.1, -0.05) is 6.92 Å². The largest absolute Gasteiger partial charge is 0.381 e. The van der Waals surface area contributed by atoms with Gasteiger partial charge in [0.2, 0.25) is 0 Å². The van der Waals surface area contributed by atoms with Crippen molar-refractivity contribution in [2.24, 2.45) is 11.3 Å². The molecular weight excluding hydrogens is 244 g/mol. The van der Waals surface area contributed by atoms with E-state index in [0.29, 0.717) is 17.8 Å². The number of pyridine rings is 1. The fourth-order valence-electron chi connectivity index (χ4n) is 2.13. The van der Waals surface area contributed by atoms with E-state index in [0.717, 1.165) is 26.1 Å². The van der Waals surface area contributed by atoms with Crippen LogP contribution in [0, 0.1) is 5.41 Å². The van der Waals surface area contributed by atoms with E-state index in [4.69, 9.17) is 10.6 Å². The number of nitrogens with zero attached hydrogens (tertiary/aromatic N) is 1. The number of hydrogen-bond acceptors (Lipinski definition) is 5. The Labute approximate surface area is 112 Å². The molecule has 1 saturated heterocycles. The van der Waals surface area contributed by atoms with E-state index < -0.39 is 0 Å². The highest BCUT2D eigenvalue weighted by molar-refractivity contribution is 5.99. The Morgan fingerprint density at radius 1 is 1.53 bits per heavy atom. The third kappa shape index (κ3) is 3.42. The lowest BCUT2D eigenvalue weighted by Crippen LogP contribution is -2.39. The van der Waals surface area contributed by atoms with E-state index >= 15 is 0 Å². The number of nitrogens with one attached hydrogen (secondary N) is 2. The van der Waals surface area contributed by atoms with Gasteiger partial charge >= 0.3 is 0 Å². The minimum atomic E-state index is -0.159. The number of hydrogen-bond donors (Lipinski definition) is 3. The number of nitrogen functional groups attached to an aromatic ring is 1. The molecule has 104 valence electrons. The molecular formula is C13H20N4O2. The molecule has 1 aromatic heterocycles. The average molecular weight is 264 g/mol. The number of amides is 1. The maximum Gasteiger partial charge on any atom is 0.255 e. The van der Waals surface area contributed by atoms with Crippen LogP contribution in [0.25, 0.3) is 0 Å². The first-order valence-electron chi connectivity index (χ1n) is 6.41. The number of anilines is 1. The smallest absolute Gasteiger partial charge is 0.255 e. The Balaban J connectivity index is 1.97. The molecule has 1 amide bonds. The summed E-state index contributed by atoms with van der Waals surface area (Å²) >= 11 is 0. The van der Waals surface area contributed by atoms with Gasteiger partial charge in [0.25, 0.3) is 5.91 Å². The zero-order valence-corrected chi connectivity index (χ0v) is 11.1. The molecule has 19 heavy (non-hydrogen) atoms. The maximum absolute atomic E-state index is 12.1. The van der Waals surface area contributed by atoms with Gasteiger partial charge in [-0.25, -0.2) is 0 Å². The molecule has 1 aliphatic heterocycles. The van der Waals surface area contributed by atoms with Gasteiger partial charge < -0.3 is 15.5 Å². The molecule has 0 saturated carbocycles. The normalized spacial score (nSPS) is 17.8. The van der Waals surface area contributed by atoms with E-state index in [-0.39, 0.29) is 11.3 Å². The molecule has 6 heteroatoms. The fourth-order valence-corrected chi connectivity index (χ4v) is 2.13. The number of carbonyl (C=O) groups excluding carboxylic acids is 1. The summed E-state index contributed by atoms with van der Waals surface area (Å²) in [5.74, 6) is 5.22. The van der Waals surface area contributed by atoms with Crippen LogP contribution in [0.15, 0.2) is 18.5 Å². The number of ether oxygens (including phenoxy) is 1. The van der Waals surface area contributed by atoms with Crippen molar-refractivity contribution >= 4 is 11.6 Å². The van der Waals surface area contributed by atoms with Gasteiger partial charge in [0, 0.05) is 32.2 Å². The van der Waals surface area contributed by atoms with Crippen LogP contribution in [-0.2, 0) is 4.74 Å². The molecule has 6 nitrogen and oxygen atoms in total. The minimum absolute atomic E-state index is 0.104. The van der Waals surface area contributed by atoms with Crippen LogP contribution in [0.1, 0.15) is 30.1 Å². The molecule has 1 fully saturated rings. The Kier molecular flexibility index (Phi) is 4.34. The molecule has 0 spiro atoms. The van der Waals surface area contributed by atoms with Crippen LogP contribution in [0.4, 0.5) is 5.69 Å². The van der Waals surface area contributed by atoms with Crippen molar-refractivity contribution in [2.75, 3.05) is 25.2 Å². The summed E-state index contributed by atoms with van der Waals surface area (Å²) in [4.78, 5) is 16.1. The Hall–Kier alpha value is -1.66. The topological polar surface area (TPSA) is 89.3 Å². The van der Waals surface area contributed by atoms with Crippen LogP contribution in [0.3, 0.4) is 0 Å². The lowest BCUT2D eigenvalue weighted by Gasteiger charge is -2.33. The second-order valence-corrected chi connectivity index (χ2v) is 5.17. The highest BCUT2D eigenvalue weighted by atomic mass is 16.5. The van der Waals surface area contributed by atoms with Gasteiger partial charge in [-0.15, -0.1) is 0 Å². The second kappa shape index (κ2) is 5.99. The van der Waals surface area contributed by atoms with Gasteiger partial charge in [-0.05, 0) is 24.3 Å². The molecule has 0 radical (unpaired) electrons. The summed E-state index contributed by atoms with van der Waals surface area (Å²) in [6.07, 6.45) is 5.02. The van der Waals surface area contributed by atoms with Gasteiger partial charge in [0.05, 0.1) is 11.3 Å². The van der Waals surface area contributed by atoms with Crippen LogP contribution in [-0.4, -0.2) is 30.6 Å². The predicted octanol–water partition coefficient (Wildman–Crippen LogP) is 0.914. The quantitative estimate of drug-likeness (QED) is 0.555. The molecule has 4 N–H and O–H groups in total. The van der Waals surface area contributed by atoms with Gasteiger partial charge in [0.1, 0.15) is 0 Å². The number of aromatic nitrogens is 1. The first-order chi connectivity index (χ1) is 9.14. The van der Waals surface area contributed by atoms with Crippen LogP contribution in [0.2, 0.25) is 0 Å². The maximum atomic E-state index is 12.1. The molecule has 0 atom stereocenters. The molecule has 2 rings (SSSR count). The molecule has 1 aromatic rings. The summed E-state index contributed by atoms with van der Waals surface area (Å²) in [6, 6.07) is 1.67. The standard InChI is InChI=1S/C13H20N4O2/c1-13(3-6-19-7-4-13)9-16-12(18)10-8-15-5-2-11(10)17-14/h2,5,8H,3-4,6-7,9,14H2,1H3,(H,15,17)(H,16,18). The second-order valence-electron chi connectivity index (χ2n) is 5.17. The molecule has 0 bridgehead atoms. The number of carbonyl (C=O) groups is 1. The third-order valence-corrected chi connectivity index (χ3v) is 3.60. The van der Waals surface area contributed by atoms with Gasteiger partial charge in [-0.3, -0.25) is 15.6 Å². The average Bonchev–Trinajstić information content (AvgIpc) is 2.45. The van der Waals surface area contributed by atoms with E-state index in [2.05, 4.69) is 22.7 Å². The van der Waals surface area contributed by atoms with Gasteiger partial charge in [-0.2, -0.15) is 0 Å². The Morgan fingerprint density at radius 2 is 2.26 bits per heavy atom. The first kappa shape index (κ1) is 13.8. The van der Waals surface area contributed by atoms with Crippen molar-refractivity contribution in [3.63, 3.8) is 0 Å². The summed E-state index contributed by atoms with van der Waals surface area (Å²) < 4.78 is 5.34. The molecule has 0 aromatic carbocycles. The van der Waals surface area contributed by atoms with Crippen molar-refractivity contribution in [2.45, 2.75) is 19.8 Å². The highest BCUT2D eigenvalue weighted by Crippen LogP contribution is 2.28. The Bertz CT molecular complexity index is 444. The number of hydrazine groups is 1. The van der Waals surface area contributed by atoms with Crippen LogP contribution >= 0.6 is 0 Å². The molecule has 0 aliphatic carbocycles. The van der Waals surface area contributed by atoms with E-state index in [9.17, 15) is 4.79 Å². The summed E-state index contributed by atoms with van der Waals surface area (Å²) in [5.41, 5.74) is 3.64. The molecule has 2 heterocycles. The van der Waals surface area contributed by atoms with Crippen LogP contribution in [0.5, 0.6) is 0 Å². The van der Waals surface area contributed by atoms with Crippen molar-refractivity contribution in [1.29, 1.82) is 0 Å². The Morgan fingerprint density at radius 3 is 2.95 bits per heavy atom. The third-order valence-electron chi connectivity index (χ3n) is 3.60. The number of rotatable bonds is 4. The monoisotopic (exact) mass is 264 g/mol. The zero-order chi connectivity index (χ0) is 13.7. The lowest BCUT2D eigenvalue weighted by atomic mass is 9.82. The van der Waals surface area contributed by atoms with Crippen molar-refractivity contribution in [1.82, 2.24) is 10.3 Å². The summed E-state index contributed by atoms with van der Waals surface area (Å²) in [5, 5.41) is 2.95. The first-order valence-corrected chi connectivity index (χ1v) is 6.41. The van der Waals surface area contributed by atoms with E-state index in [1.165, 1.54) is 6.20 Å².